The minimum atomic E-state index is -0.213. The summed E-state index contributed by atoms with van der Waals surface area (Å²) >= 11 is 0. The maximum absolute atomic E-state index is 12.8. The number of benzene rings is 4. The molecule has 0 spiro atoms. The second-order valence-electron chi connectivity index (χ2n) is 9.21. The normalized spacial score (nSPS) is 12.1. The van der Waals surface area contributed by atoms with Crippen LogP contribution in [0.1, 0.15) is 36.3 Å². The molecule has 1 amide bonds. The van der Waals surface area contributed by atoms with E-state index in [9.17, 15) is 4.79 Å². The predicted octanol–water partition coefficient (Wildman–Crippen LogP) is 6.39. The topological polar surface area (TPSA) is 56.2 Å². The Bertz CT molecular complexity index is 1500. The highest BCUT2D eigenvalue weighted by atomic mass is 16.5. The van der Waals surface area contributed by atoms with Gasteiger partial charge in [-0.25, -0.2) is 4.98 Å². The molecule has 182 valence electrons. The van der Waals surface area contributed by atoms with Crippen LogP contribution in [0.4, 0.5) is 0 Å². The summed E-state index contributed by atoms with van der Waals surface area (Å²) in [7, 11) is 0. The molecule has 0 bridgehead atoms. The van der Waals surface area contributed by atoms with Gasteiger partial charge < -0.3 is 14.6 Å². The molecule has 5 aromatic rings. The number of fused-ring (bicyclic) bond motifs is 2. The van der Waals surface area contributed by atoms with Crippen molar-refractivity contribution in [3.63, 3.8) is 0 Å². The highest BCUT2D eigenvalue weighted by Gasteiger charge is 2.18. The van der Waals surface area contributed by atoms with Gasteiger partial charge in [-0.05, 0) is 66.4 Å². The Morgan fingerprint density at radius 1 is 0.944 bits per heavy atom. The summed E-state index contributed by atoms with van der Waals surface area (Å²) in [6.45, 7) is 5.38. The molecule has 1 unspecified atom stereocenters. The second kappa shape index (κ2) is 10.6. The number of imidazole rings is 1. The molecule has 36 heavy (non-hydrogen) atoms. The molecule has 1 aromatic heterocycles. The third-order valence-electron chi connectivity index (χ3n) is 6.58. The lowest BCUT2D eigenvalue weighted by Gasteiger charge is -2.17. The van der Waals surface area contributed by atoms with Crippen LogP contribution in [0.2, 0.25) is 0 Å². The third kappa shape index (κ3) is 5.25. The summed E-state index contributed by atoms with van der Waals surface area (Å²) < 4.78 is 8.27. The zero-order valence-corrected chi connectivity index (χ0v) is 20.8. The number of rotatable bonds is 9. The minimum absolute atomic E-state index is 0.00459. The van der Waals surface area contributed by atoms with Crippen LogP contribution in [0.25, 0.3) is 21.8 Å². The molecular weight excluding hydrogens is 446 g/mol. The second-order valence-corrected chi connectivity index (χ2v) is 9.21. The highest BCUT2D eigenvalue weighted by molar-refractivity contribution is 5.83. The quantitative estimate of drug-likeness (QED) is 0.250. The third-order valence-corrected chi connectivity index (χ3v) is 6.58. The van der Waals surface area contributed by atoms with Gasteiger partial charge in [0.05, 0.1) is 30.1 Å². The lowest BCUT2D eigenvalue weighted by atomic mass is 10.1. The van der Waals surface area contributed by atoms with Crippen molar-refractivity contribution < 1.29 is 9.53 Å². The van der Waals surface area contributed by atoms with Crippen LogP contribution in [0.3, 0.4) is 0 Å². The van der Waals surface area contributed by atoms with Gasteiger partial charge in [0.2, 0.25) is 5.91 Å². The summed E-state index contributed by atoms with van der Waals surface area (Å²) in [6.07, 6.45) is 1.18. The SMILES string of the molecule is Cc1ccccc1CC(=O)NC(C)c1nc2ccccc2n1CCCOc1ccc2ccccc2c1. The van der Waals surface area contributed by atoms with E-state index >= 15 is 0 Å². The van der Waals surface area contributed by atoms with Gasteiger partial charge >= 0.3 is 0 Å². The van der Waals surface area contributed by atoms with Crippen LogP contribution in [0, 0.1) is 6.92 Å². The molecule has 0 aliphatic heterocycles. The van der Waals surface area contributed by atoms with Gasteiger partial charge in [0.1, 0.15) is 11.6 Å². The number of hydrogen-bond donors (Lipinski definition) is 1. The van der Waals surface area contributed by atoms with Gasteiger partial charge in [0.25, 0.3) is 0 Å². The fourth-order valence-electron chi connectivity index (χ4n) is 4.67. The number of hydrogen-bond acceptors (Lipinski definition) is 3. The smallest absolute Gasteiger partial charge is 0.225 e. The van der Waals surface area contributed by atoms with Gasteiger partial charge in [0, 0.05) is 6.54 Å². The van der Waals surface area contributed by atoms with Gasteiger partial charge in [0.15, 0.2) is 0 Å². The largest absolute Gasteiger partial charge is 0.494 e. The first-order chi connectivity index (χ1) is 17.6. The average molecular weight is 478 g/mol. The van der Waals surface area contributed by atoms with Crippen molar-refractivity contribution >= 4 is 27.7 Å². The summed E-state index contributed by atoms with van der Waals surface area (Å²) in [6, 6.07) is 30.4. The van der Waals surface area contributed by atoms with Crippen molar-refractivity contribution in [3.05, 3.63) is 108 Å². The summed E-state index contributed by atoms with van der Waals surface area (Å²) in [5, 5.41) is 5.53. The molecular formula is C31H31N3O2. The van der Waals surface area contributed by atoms with Crippen molar-refractivity contribution in [1.29, 1.82) is 0 Å². The lowest BCUT2D eigenvalue weighted by molar-refractivity contribution is -0.121. The number of aryl methyl sites for hydroxylation is 2. The minimum Gasteiger partial charge on any atom is -0.494 e. The van der Waals surface area contributed by atoms with E-state index in [0.717, 1.165) is 46.7 Å². The summed E-state index contributed by atoms with van der Waals surface area (Å²) in [5.74, 6) is 1.73. The van der Waals surface area contributed by atoms with Crippen molar-refractivity contribution in [2.24, 2.45) is 0 Å². The van der Waals surface area contributed by atoms with Crippen molar-refractivity contribution in [2.75, 3.05) is 6.61 Å². The van der Waals surface area contributed by atoms with Gasteiger partial charge in [-0.1, -0.05) is 66.7 Å². The molecule has 4 aromatic carbocycles. The Hall–Kier alpha value is -4.12. The fourth-order valence-corrected chi connectivity index (χ4v) is 4.67. The molecule has 1 N–H and O–H groups in total. The molecule has 0 radical (unpaired) electrons. The molecule has 0 saturated heterocycles. The van der Waals surface area contributed by atoms with E-state index in [0.29, 0.717) is 13.0 Å². The van der Waals surface area contributed by atoms with Crippen LogP contribution in [0.15, 0.2) is 91.0 Å². The Labute approximate surface area is 211 Å². The first kappa shape index (κ1) is 23.6. The molecule has 1 atom stereocenters. The first-order valence-electron chi connectivity index (χ1n) is 12.5. The fraction of sp³-hybridized carbons (Fsp3) is 0.226. The van der Waals surface area contributed by atoms with E-state index in [-0.39, 0.29) is 11.9 Å². The van der Waals surface area contributed by atoms with Crippen molar-refractivity contribution in [1.82, 2.24) is 14.9 Å². The van der Waals surface area contributed by atoms with Crippen molar-refractivity contribution in [2.45, 2.75) is 39.3 Å². The van der Waals surface area contributed by atoms with Crippen LogP contribution in [0.5, 0.6) is 5.75 Å². The van der Waals surface area contributed by atoms with Gasteiger partial charge in [-0.3, -0.25) is 4.79 Å². The maximum Gasteiger partial charge on any atom is 0.225 e. The van der Waals surface area contributed by atoms with E-state index in [2.05, 4.69) is 40.2 Å². The van der Waals surface area contributed by atoms with E-state index in [1.54, 1.807) is 0 Å². The predicted molar refractivity (Wildman–Crippen MR) is 145 cm³/mol. The molecule has 5 nitrogen and oxygen atoms in total. The van der Waals surface area contributed by atoms with E-state index < -0.39 is 0 Å². The first-order valence-corrected chi connectivity index (χ1v) is 12.5. The number of carbonyl (C=O) groups is 1. The Morgan fingerprint density at radius 2 is 1.69 bits per heavy atom. The molecule has 0 fully saturated rings. The van der Waals surface area contributed by atoms with Gasteiger partial charge in [-0.2, -0.15) is 0 Å². The zero-order valence-electron chi connectivity index (χ0n) is 20.8. The summed E-state index contributed by atoms with van der Waals surface area (Å²) in [4.78, 5) is 17.7. The number of carbonyl (C=O) groups excluding carboxylic acids is 1. The number of nitrogens with zero attached hydrogens (tertiary/aromatic N) is 2. The Morgan fingerprint density at radius 3 is 2.56 bits per heavy atom. The number of aromatic nitrogens is 2. The molecule has 0 saturated carbocycles. The molecule has 5 rings (SSSR count). The molecule has 1 heterocycles. The zero-order chi connectivity index (χ0) is 24.9. The monoisotopic (exact) mass is 477 g/mol. The van der Waals surface area contributed by atoms with Crippen LogP contribution in [-0.4, -0.2) is 22.1 Å². The Balaban J connectivity index is 1.26. The van der Waals surface area contributed by atoms with Crippen LogP contribution in [-0.2, 0) is 17.8 Å². The number of ether oxygens (including phenoxy) is 1. The number of amides is 1. The molecule has 0 aliphatic carbocycles. The average Bonchev–Trinajstić information content (AvgIpc) is 3.26. The molecule has 0 aliphatic rings. The van der Waals surface area contributed by atoms with E-state index in [1.165, 1.54) is 10.8 Å². The van der Waals surface area contributed by atoms with Crippen LogP contribution >= 0.6 is 0 Å². The maximum atomic E-state index is 12.8. The summed E-state index contributed by atoms with van der Waals surface area (Å²) in [5.41, 5.74) is 4.17. The number of nitrogens with one attached hydrogen (secondary N) is 1. The Kier molecular flexibility index (Phi) is 6.99. The highest BCUT2D eigenvalue weighted by Crippen LogP contribution is 2.23. The van der Waals surface area contributed by atoms with Crippen molar-refractivity contribution in [3.8, 4) is 5.75 Å². The van der Waals surface area contributed by atoms with Gasteiger partial charge in [-0.15, -0.1) is 0 Å². The van der Waals surface area contributed by atoms with E-state index in [1.807, 2.05) is 74.5 Å². The van der Waals surface area contributed by atoms with Crippen LogP contribution < -0.4 is 10.1 Å². The number of para-hydroxylation sites is 2. The lowest BCUT2D eigenvalue weighted by Crippen LogP contribution is -2.30. The van der Waals surface area contributed by atoms with E-state index in [4.69, 9.17) is 9.72 Å². The molecule has 5 heteroatoms. The standard InChI is InChI=1S/C31H31N3O2/c1-22-10-3-4-12-25(22)21-30(35)32-23(2)31-33-28-14-7-8-15-29(28)34(31)18-9-19-36-27-17-16-24-11-5-6-13-26(24)20-27/h3-8,10-17,20,23H,9,18-19,21H2,1-2H3,(H,32,35).